The van der Waals surface area contributed by atoms with Crippen LogP contribution < -0.4 is 4.74 Å². The van der Waals surface area contributed by atoms with Crippen molar-refractivity contribution in [3.8, 4) is 22.6 Å². The van der Waals surface area contributed by atoms with Gasteiger partial charge in [0.1, 0.15) is 0 Å². The summed E-state index contributed by atoms with van der Waals surface area (Å²) in [6, 6.07) is 13.4. The normalized spacial score (nSPS) is 11.4. The Morgan fingerprint density at radius 1 is 1.00 bits per heavy atom. The fourth-order valence-electron chi connectivity index (χ4n) is 2.21. The first kappa shape index (κ1) is 14.4. The summed E-state index contributed by atoms with van der Waals surface area (Å²) in [5.41, 5.74) is 2.76. The molecular formula is C17H20O3. The molecule has 0 fully saturated rings. The predicted octanol–water partition coefficient (Wildman–Crippen LogP) is 3.95. The van der Waals surface area contributed by atoms with Crippen LogP contribution in [0, 0.1) is 0 Å². The van der Waals surface area contributed by atoms with Gasteiger partial charge in [0.2, 0.25) is 0 Å². The summed E-state index contributed by atoms with van der Waals surface area (Å²) in [6.07, 6.45) is 0. The summed E-state index contributed by atoms with van der Waals surface area (Å²) in [6.45, 7) is 4.06. The van der Waals surface area contributed by atoms with Crippen molar-refractivity contribution in [1.29, 1.82) is 0 Å². The topological polar surface area (TPSA) is 38.7 Å². The van der Waals surface area contributed by atoms with Crippen LogP contribution in [0.4, 0.5) is 0 Å². The highest BCUT2D eigenvalue weighted by Crippen LogP contribution is 2.37. The van der Waals surface area contributed by atoms with Crippen LogP contribution in [0.3, 0.4) is 0 Å². The first-order valence-corrected chi connectivity index (χ1v) is 6.51. The molecule has 20 heavy (non-hydrogen) atoms. The van der Waals surface area contributed by atoms with Gasteiger partial charge in [-0.05, 0) is 42.7 Å². The van der Waals surface area contributed by atoms with E-state index in [1.165, 1.54) is 0 Å². The first-order valence-electron chi connectivity index (χ1n) is 6.51. The molecule has 2 rings (SSSR count). The van der Waals surface area contributed by atoms with Crippen molar-refractivity contribution in [1.82, 2.24) is 0 Å². The van der Waals surface area contributed by atoms with Gasteiger partial charge in [-0.25, -0.2) is 0 Å². The van der Waals surface area contributed by atoms with E-state index in [1.807, 2.05) is 44.2 Å². The second-order valence-corrected chi connectivity index (χ2v) is 5.15. The van der Waals surface area contributed by atoms with Crippen LogP contribution in [-0.2, 0) is 10.3 Å². The number of phenols is 1. The molecule has 0 atom stereocenters. The Labute approximate surface area is 119 Å². The van der Waals surface area contributed by atoms with Gasteiger partial charge < -0.3 is 14.6 Å². The maximum Gasteiger partial charge on any atom is 0.161 e. The molecule has 0 radical (unpaired) electrons. The highest BCUT2D eigenvalue weighted by molar-refractivity contribution is 5.71. The minimum Gasteiger partial charge on any atom is -0.504 e. The smallest absolute Gasteiger partial charge is 0.161 e. The molecule has 0 spiro atoms. The molecule has 1 N–H and O–H groups in total. The van der Waals surface area contributed by atoms with E-state index in [9.17, 15) is 5.11 Å². The SMILES string of the molecule is COc1cc(-c2ccccc2C(C)(C)OC)ccc1O. The largest absolute Gasteiger partial charge is 0.504 e. The second-order valence-electron chi connectivity index (χ2n) is 5.15. The van der Waals surface area contributed by atoms with Gasteiger partial charge >= 0.3 is 0 Å². The van der Waals surface area contributed by atoms with E-state index in [1.54, 1.807) is 20.3 Å². The molecule has 0 amide bonds. The number of benzene rings is 2. The molecule has 2 aromatic rings. The Balaban J connectivity index is 2.59. The number of hydrogen-bond acceptors (Lipinski definition) is 3. The van der Waals surface area contributed by atoms with E-state index in [-0.39, 0.29) is 11.4 Å². The van der Waals surface area contributed by atoms with E-state index in [0.29, 0.717) is 5.75 Å². The molecule has 0 unspecified atom stereocenters. The lowest BCUT2D eigenvalue weighted by Gasteiger charge is -2.26. The standard InChI is InChI=1S/C17H20O3/c1-17(2,20-4)14-8-6-5-7-13(14)12-9-10-15(18)16(11-12)19-3/h5-11,18H,1-4H3. The maximum absolute atomic E-state index is 9.71. The lowest BCUT2D eigenvalue weighted by molar-refractivity contribution is 0.0197. The van der Waals surface area contributed by atoms with Crippen LogP contribution in [0.25, 0.3) is 11.1 Å². The lowest BCUT2D eigenvalue weighted by atomic mass is 9.89. The quantitative estimate of drug-likeness (QED) is 0.916. The molecule has 0 heterocycles. The average molecular weight is 272 g/mol. The Hall–Kier alpha value is -2.00. The second kappa shape index (κ2) is 5.55. The Kier molecular flexibility index (Phi) is 4.00. The fraction of sp³-hybridized carbons (Fsp3) is 0.294. The zero-order valence-corrected chi connectivity index (χ0v) is 12.3. The van der Waals surface area contributed by atoms with Gasteiger partial charge in [0, 0.05) is 7.11 Å². The molecule has 106 valence electrons. The van der Waals surface area contributed by atoms with E-state index in [4.69, 9.17) is 9.47 Å². The van der Waals surface area contributed by atoms with Crippen molar-refractivity contribution in [3.05, 3.63) is 48.0 Å². The van der Waals surface area contributed by atoms with Crippen molar-refractivity contribution < 1.29 is 14.6 Å². The summed E-state index contributed by atoms with van der Waals surface area (Å²) < 4.78 is 10.8. The number of aromatic hydroxyl groups is 1. The highest BCUT2D eigenvalue weighted by Gasteiger charge is 2.23. The summed E-state index contributed by atoms with van der Waals surface area (Å²) in [5.74, 6) is 0.604. The molecule has 0 aliphatic heterocycles. The third-order valence-electron chi connectivity index (χ3n) is 3.58. The molecule has 2 aromatic carbocycles. The van der Waals surface area contributed by atoms with Crippen LogP contribution >= 0.6 is 0 Å². The monoisotopic (exact) mass is 272 g/mol. The summed E-state index contributed by atoms with van der Waals surface area (Å²) in [7, 11) is 3.25. The van der Waals surface area contributed by atoms with Crippen molar-refractivity contribution in [2.24, 2.45) is 0 Å². The van der Waals surface area contributed by atoms with E-state index < -0.39 is 0 Å². The van der Waals surface area contributed by atoms with Crippen LogP contribution in [-0.4, -0.2) is 19.3 Å². The van der Waals surface area contributed by atoms with Crippen LogP contribution in [0.2, 0.25) is 0 Å². The number of hydrogen-bond donors (Lipinski definition) is 1. The van der Waals surface area contributed by atoms with Crippen molar-refractivity contribution >= 4 is 0 Å². The fourth-order valence-corrected chi connectivity index (χ4v) is 2.21. The highest BCUT2D eigenvalue weighted by atomic mass is 16.5. The van der Waals surface area contributed by atoms with Gasteiger partial charge in [-0.3, -0.25) is 0 Å². The zero-order chi connectivity index (χ0) is 14.8. The minimum absolute atomic E-state index is 0.139. The maximum atomic E-state index is 9.71. The van der Waals surface area contributed by atoms with Gasteiger partial charge in [0.05, 0.1) is 12.7 Å². The molecule has 0 bridgehead atoms. The van der Waals surface area contributed by atoms with Crippen LogP contribution in [0.1, 0.15) is 19.4 Å². The van der Waals surface area contributed by atoms with Gasteiger partial charge in [0.15, 0.2) is 11.5 Å². The van der Waals surface area contributed by atoms with Gasteiger partial charge in [0.25, 0.3) is 0 Å². The molecule has 0 saturated heterocycles. The lowest BCUT2D eigenvalue weighted by Crippen LogP contribution is -2.20. The number of rotatable bonds is 4. The zero-order valence-electron chi connectivity index (χ0n) is 12.3. The minimum atomic E-state index is -0.387. The van der Waals surface area contributed by atoms with Gasteiger partial charge in [-0.15, -0.1) is 0 Å². The predicted molar refractivity (Wildman–Crippen MR) is 80.1 cm³/mol. The Morgan fingerprint density at radius 2 is 1.70 bits per heavy atom. The Morgan fingerprint density at radius 3 is 2.35 bits per heavy atom. The van der Waals surface area contributed by atoms with E-state index >= 15 is 0 Å². The number of methoxy groups -OCH3 is 2. The van der Waals surface area contributed by atoms with Crippen LogP contribution in [0.5, 0.6) is 11.5 Å². The first-order chi connectivity index (χ1) is 9.49. The molecule has 3 heteroatoms. The van der Waals surface area contributed by atoms with Crippen molar-refractivity contribution in [2.45, 2.75) is 19.4 Å². The van der Waals surface area contributed by atoms with E-state index in [2.05, 4.69) is 6.07 Å². The number of ether oxygens (including phenoxy) is 2. The third kappa shape index (κ3) is 2.63. The number of phenolic OH excluding ortho intramolecular Hbond substituents is 1. The van der Waals surface area contributed by atoms with Crippen molar-refractivity contribution in [3.63, 3.8) is 0 Å². The molecule has 0 saturated carbocycles. The Bertz CT molecular complexity index is 603. The summed E-state index contributed by atoms with van der Waals surface area (Å²) >= 11 is 0. The summed E-state index contributed by atoms with van der Waals surface area (Å²) in [5, 5.41) is 9.71. The van der Waals surface area contributed by atoms with Gasteiger partial charge in [-0.2, -0.15) is 0 Å². The van der Waals surface area contributed by atoms with Crippen molar-refractivity contribution in [2.75, 3.05) is 14.2 Å². The molecule has 3 nitrogen and oxygen atoms in total. The van der Waals surface area contributed by atoms with Gasteiger partial charge in [-0.1, -0.05) is 30.3 Å². The molecule has 0 aliphatic rings. The average Bonchev–Trinajstić information content (AvgIpc) is 2.48. The molecule has 0 aromatic heterocycles. The summed E-state index contributed by atoms with van der Waals surface area (Å²) in [4.78, 5) is 0. The third-order valence-corrected chi connectivity index (χ3v) is 3.58. The van der Waals surface area contributed by atoms with E-state index in [0.717, 1.165) is 16.7 Å². The van der Waals surface area contributed by atoms with Crippen LogP contribution in [0.15, 0.2) is 42.5 Å². The molecular weight excluding hydrogens is 252 g/mol. The molecule has 0 aliphatic carbocycles.